The molecule has 1 amide bonds. The zero-order chi connectivity index (χ0) is 20.2. The van der Waals surface area contributed by atoms with Crippen molar-refractivity contribution in [2.24, 2.45) is 0 Å². The SMILES string of the molecule is CN(c1cccc(NC(=O)CCc2ccc(C(C)(C)C)cc2)c1)S(C)(=O)=O. The van der Waals surface area contributed by atoms with Gasteiger partial charge in [0, 0.05) is 19.2 Å². The molecule has 0 aliphatic carbocycles. The van der Waals surface area contributed by atoms with Crippen molar-refractivity contribution in [3.8, 4) is 0 Å². The summed E-state index contributed by atoms with van der Waals surface area (Å²) in [5.74, 6) is -0.103. The molecule has 0 aromatic heterocycles. The van der Waals surface area contributed by atoms with Crippen molar-refractivity contribution in [3.05, 3.63) is 59.7 Å². The number of aryl methyl sites for hydroxylation is 1. The second kappa shape index (κ2) is 8.13. The Kier molecular flexibility index (Phi) is 6.31. The summed E-state index contributed by atoms with van der Waals surface area (Å²) in [6.07, 6.45) is 2.16. The first-order chi connectivity index (χ1) is 12.5. The molecule has 5 nitrogen and oxygen atoms in total. The van der Waals surface area contributed by atoms with Gasteiger partial charge in [-0.25, -0.2) is 8.42 Å². The van der Waals surface area contributed by atoms with Gasteiger partial charge in [-0.1, -0.05) is 51.1 Å². The topological polar surface area (TPSA) is 66.5 Å². The van der Waals surface area contributed by atoms with E-state index in [-0.39, 0.29) is 11.3 Å². The molecular formula is C21H28N2O3S. The molecule has 146 valence electrons. The van der Waals surface area contributed by atoms with Crippen LogP contribution in [-0.4, -0.2) is 27.6 Å². The van der Waals surface area contributed by atoms with E-state index < -0.39 is 10.0 Å². The van der Waals surface area contributed by atoms with E-state index in [1.165, 1.54) is 16.9 Å². The number of anilines is 2. The minimum Gasteiger partial charge on any atom is -0.326 e. The van der Waals surface area contributed by atoms with Gasteiger partial charge in [-0.05, 0) is 41.2 Å². The summed E-state index contributed by atoms with van der Waals surface area (Å²) in [5, 5.41) is 2.83. The second-order valence-corrected chi connectivity index (χ2v) is 9.79. The number of hydrogen-bond acceptors (Lipinski definition) is 3. The van der Waals surface area contributed by atoms with Gasteiger partial charge in [0.15, 0.2) is 0 Å². The Morgan fingerprint density at radius 1 is 1.07 bits per heavy atom. The Morgan fingerprint density at radius 3 is 2.26 bits per heavy atom. The molecule has 0 saturated carbocycles. The highest BCUT2D eigenvalue weighted by Gasteiger charge is 2.14. The van der Waals surface area contributed by atoms with E-state index in [4.69, 9.17) is 0 Å². The third-order valence-corrected chi connectivity index (χ3v) is 5.66. The summed E-state index contributed by atoms with van der Waals surface area (Å²) in [6, 6.07) is 15.2. The fourth-order valence-corrected chi connectivity index (χ4v) is 3.12. The Labute approximate surface area is 162 Å². The predicted molar refractivity (Wildman–Crippen MR) is 112 cm³/mol. The standard InChI is InChI=1S/C21H28N2O3S/c1-21(2,3)17-12-9-16(10-13-17)11-14-20(24)22-18-7-6-8-19(15-18)23(4)27(5,25)26/h6-10,12-13,15H,11,14H2,1-5H3,(H,22,24). The summed E-state index contributed by atoms with van der Waals surface area (Å²) in [7, 11) is -1.86. The van der Waals surface area contributed by atoms with Crippen molar-refractivity contribution in [1.82, 2.24) is 0 Å². The van der Waals surface area contributed by atoms with Crippen LogP contribution >= 0.6 is 0 Å². The fraction of sp³-hybridized carbons (Fsp3) is 0.381. The van der Waals surface area contributed by atoms with Gasteiger partial charge in [0.25, 0.3) is 0 Å². The maximum Gasteiger partial charge on any atom is 0.231 e. The van der Waals surface area contributed by atoms with Crippen LogP contribution in [0.3, 0.4) is 0 Å². The van der Waals surface area contributed by atoms with Crippen molar-refractivity contribution < 1.29 is 13.2 Å². The number of nitrogens with one attached hydrogen (secondary N) is 1. The van der Waals surface area contributed by atoms with Gasteiger partial charge in [0.2, 0.25) is 15.9 Å². The molecular weight excluding hydrogens is 360 g/mol. The molecule has 1 N–H and O–H groups in total. The minimum absolute atomic E-state index is 0.103. The predicted octanol–water partition coefficient (Wildman–Crippen LogP) is 3.95. The second-order valence-electron chi connectivity index (χ2n) is 7.78. The minimum atomic E-state index is -3.34. The molecule has 0 aliphatic rings. The molecule has 0 heterocycles. The quantitative estimate of drug-likeness (QED) is 0.815. The van der Waals surface area contributed by atoms with Crippen LogP contribution in [0.2, 0.25) is 0 Å². The first-order valence-electron chi connectivity index (χ1n) is 8.90. The summed E-state index contributed by atoms with van der Waals surface area (Å²) in [4.78, 5) is 12.2. The van der Waals surface area contributed by atoms with E-state index in [0.29, 0.717) is 24.2 Å². The first-order valence-corrected chi connectivity index (χ1v) is 10.7. The van der Waals surface area contributed by atoms with E-state index >= 15 is 0 Å². The molecule has 0 saturated heterocycles. The molecule has 27 heavy (non-hydrogen) atoms. The van der Waals surface area contributed by atoms with Crippen LogP contribution in [0.1, 0.15) is 38.3 Å². The number of nitrogens with zero attached hydrogens (tertiary/aromatic N) is 1. The molecule has 0 fully saturated rings. The number of sulfonamides is 1. The molecule has 2 aromatic rings. The van der Waals surface area contributed by atoms with E-state index in [9.17, 15) is 13.2 Å². The van der Waals surface area contributed by atoms with Gasteiger partial charge < -0.3 is 5.32 Å². The summed E-state index contributed by atoms with van der Waals surface area (Å²) in [6.45, 7) is 6.51. The molecule has 0 spiro atoms. The average Bonchev–Trinajstić information content (AvgIpc) is 2.58. The van der Waals surface area contributed by atoms with Crippen LogP contribution in [0, 0.1) is 0 Å². The third-order valence-electron chi connectivity index (χ3n) is 4.45. The van der Waals surface area contributed by atoms with Crippen LogP contribution in [0.25, 0.3) is 0 Å². The lowest BCUT2D eigenvalue weighted by Crippen LogP contribution is -2.24. The lowest BCUT2D eigenvalue weighted by Gasteiger charge is -2.19. The smallest absolute Gasteiger partial charge is 0.231 e. The highest BCUT2D eigenvalue weighted by Crippen LogP contribution is 2.23. The van der Waals surface area contributed by atoms with Gasteiger partial charge in [0.05, 0.1) is 11.9 Å². The summed E-state index contributed by atoms with van der Waals surface area (Å²) >= 11 is 0. The molecule has 2 aromatic carbocycles. The Hall–Kier alpha value is -2.34. The number of carbonyl (C=O) groups is 1. The molecule has 0 unspecified atom stereocenters. The normalized spacial score (nSPS) is 11.9. The van der Waals surface area contributed by atoms with Crippen molar-refractivity contribution in [1.29, 1.82) is 0 Å². The van der Waals surface area contributed by atoms with Crippen LogP contribution in [0.15, 0.2) is 48.5 Å². The maximum absolute atomic E-state index is 12.2. The van der Waals surface area contributed by atoms with Crippen molar-refractivity contribution in [2.75, 3.05) is 22.9 Å². The zero-order valence-electron chi connectivity index (χ0n) is 16.6. The van der Waals surface area contributed by atoms with Gasteiger partial charge in [0.1, 0.15) is 0 Å². The molecule has 0 bridgehead atoms. The molecule has 2 rings (SSSR count). The Morgan fingerprint density at radius 2 is 1.70 bits per heavy atom. The van der Waals surface area contributed by atoms with E-state index in [1.54, 1.807) is 24.3 Å². The highest BCUT2D eigenvalue weighted by atomic mass is 32.2. The molecule has 6 heteroatoms. The van der Waals surface area contributed by atoms with Gasteiger partial charge >= 0.3 is 0 Å². The number of rotatable bonds is 6. The third kappa shape index (κ3) is 6.10. The number of hydrogen-bond donors (Lipinski definition) is 1. The van der Waals surface area contributed by atoms with Gasteiger partial charge in [-0.3, -0.25) is 9.10 Å². The zero-order valence-corrected chi connectivity index (χ0v) is 17.4. The first kappa shape index (κ1) is 21.0. The fourth-order valence-electron chi connectivity index (χ4n) is 2.62. The monoisotopic (exact) mass is 388 g/mol. The lowest BCUT2D eigenvalue weighted by atomic mass is 9.86. The number of amides is 1. The van der Waals surface area contributed by atoms with Crippen LogP contribution in [0.4, 0.5) is 11.4 Å². The number of carbonyl (C=O) groups excluding carboxylic acids is 1. The van der Waals surface area contributed by atoms with Crippen LogP contribution in [-0.2, 0) is 26.7 Å². The van der Waals surface area contributed by atoms with Crippen LogP contribution in [0.5, 0.6) is 0 Å². The summed E-state index contributed by atoms with van der Waals surface area (Å²) in [5.41, 5.74) is 3.58. The lowest BCUT2D eigenvalue weighted by molar-refractivity contribution is -0.116. The highest BCUT2D eigenvalue weighted by molar-refractivity contribution is 7.92. The van der Waals surface area contributed by atoms with Gasteiger partial charge in [-0.2, -0.15) is 0 Å². The number of benzene rings is 2. The molecule has 0 atom stereocenters. The Bertz CT molecular complexity index is 898. The maximum atomic E-state index is 12.2. The van der Waals surface area contributed by atoms with Crippen molar-refractivity contribution >= 4 is 27.3 Å². The largest absolute Gasteiger partial charge is 0.326 e. The van der Waals surface area contributed by atoms with Gasteiger partial charge in [-0.15, -0.1) is 0 Å². The molecule has 0 radical (unpaired) electrons. The Balaban J connectivity index is 1.96. The van der Waals surface area contributed by atoms with Crippen molar-refractivity contribution in [2.45, 2.75) is 39.0 Å². The average molecular weight is 389 g/mol. The van der Waals surface area contributed by atoms with E-state index in [0.717, 1.165) is 11.8 Å². The van der Waals surface area contributed by atoms with E-state index in [2.05, 4.69) is 50.4 Å². The van der Waals surface area contributed by atoms with Crippen molar-refractivity contribution in [3.63, 3.8) is 0 Å². The van der Waals surface area contributed by atoms with E-state index in [1.807, 2.05) is 0 Å². The molecule has 0 aliphatic heterocycles. The van der Waals surface area contributed by atoms with Crippen LogP contribution < -0.4 is 9.62 Å². The summed E-state index contributed by atoms with van der Waals surface area (Å²) < 4.78 is 24.5.